The van der Waals surface area contributed by atoms with E-state index in [0.29, 0.717) is 5.78 Å². The second-order valence-corrected chi connectivity index (χ2v) is 7.25. The molecule has 1 atom stereocenters. The molecule has 0 N–H and O–H groups in total. The summed E-state index contributed by atoms with van der Waals surface area (Å²) < 4.78 is 0. The summed E-state index contributed by atoms with van der Waals surface area (Å²) in [6.07, 6.45) is 22.2. The Bertz CT molecular complexity index is 234. The van der Waals surface area contributed by atoms with Crippen molar-refractivity contribution in [2.24, 2.45) is 5.92 Å². The molecule has 0 aliphatic rings. The first-order valence-corrected chi connectivity index (χ1v) is 10.2. The second-order valence-electron chi connectivity index (χ2n) is 7.25. The monoisotopic (exact) mass is 310 g/mol. The van der Waals surface area contributed by atoms with E-state index in [1.165, 1.54) is 96.3 Å². The molecule has 0 aliphatic carbocycles. The lowest BCUT2D eigenvalue weighted by atomic mass is 9.98. The normalized spacial score (nSPS) is 12.5. The fraction of sp³-hybridized carbons (Fsp3) is 0.952. The Morgan fingerprint density at radius 3 is 1.27 bits per heavy atom. The molecule has 132 valence electrons. The zero-order valence-electron chi connectivity index (χ0n) is 15.8. The molecule has 0 radical (unpaired) electrons. The summed E-state index contributed by atoms with van der Waals surface area (Å²) in [7, 11) is 0. The van der Waals surface area contributed by atoms with Gasteiger partial charge in [0.15, 0.2) is 0 Å². The van der Waals surface area contributed by atoms with Gasteiger partial charge in [0.2, 0.25) is 0 Å². The van der Waals surface area contributed by atoms with E-state index < -0.39 is 0 Å². The Labute approximate surface area is 140 Å². The average Bonchev–Trinajstić information content (AvgIpc) is 2.50. The minimum Gasteiger partial charge on any atom is -0.300 e. The van der Waals surface area contributed by atoms with Crippen molar-refractivity contribution in [3.8, 4) is 0 Å². The molecule has 1 heteroatoms. The lowest BCUT2D eigenvalue weighted by molar-refractivity contribution is -0.120. The average molecular weight is 311 g/mol. The van der Waals surface area contributed by atoms with Crippen LogP contribution in [-0.2, 0) is 4.79 Å². The standard InChI is InChI=1S/C21H42O/c1-4-5-6-7-8-9-10-11-12-13-14-15-16-17-18-19-20(2)21(3)22/h20H,4-19H2,1-3H3/t20-/m0/s1. The molecular weight excluding hydrogens is 268 g/mol. The molecule has 0 unspecified atom stereocenters. The summed E-state index contributed by atoms with van der Waals surface area (Å²) in [6, 6.07) is 0. The van der Waals surface area contributed by atoms with E-state index in [0.717, 1.165) is 6.42 Å². The van der Waals surface area contributed by atoms with Gasteiger partial charge in [-0.05, 0) is 13.3 Å². The predicted molar refractivity (Wildman–Crippen MR) is 99.4 cm³/mol. The highest BCUT2D eigenvalue weighted by Gasteiger charge is 2.05. The van der Waals surface area contributed by atoms with Crippen LogP contribution in [0.5, 0.6) is 0 Å². The highest BCUT2D eigenvalue weighted by molar-refractivity contribution is 5.77. The summed E-state index contributed by atoms with van der Waals surface area (Å²) in [6.45, 7) is 6.06. The van der Waals surface area contributed by atoms with E-state index in [1.807, 2.05) is 0 Å². The van der Waals surface area contributed by atoms with Crippen molar-refractivity contribution < 1.29 is 4.79 Å². The predicted octanol–water partition coefficient (Wildman–Crippen LogP) is 7.47. The number of hydrogen-bond acceptors (Lipinski definition) is 1. The van der Waals surface area contributed by atoms with Gasteiger partial charge in [0.1, 0.15) is 5.78 Å². The Balaban J connectivity index is 3.04. The molecule has 0 saturated heterocycles. The zero-order chi connectivity index (χ0) is 16.5. The number of ketones is 1. The van der Waals surface area contributed by atoms with Gasteiger partial charge in [-0.3, -0.25) is 4.79 Å². The van der Waals surface area contributed by atoms with Crippen molar-refractivity contribution in [3.63, 3.8) is 0 Å². The quantitative estimate of drug-likeness (QED) is 0.255. The van der Waals surface area contributed by atoms with E-state index in [1.54, 1.807) is 6.92 Å². The van der Waals surface area contributed by atoms with Crippen LogP contribution in [0, 0.1) is 5.92 Å². The number of Topliss-reactive ketones (excluding diaryl/α,β-unsaturated/α-hetero) is 1. The van der Waals surface area contributed by atoms with Crippen molar-refractivity contribution >= 4 is 5.78 Å². The van der Waals surface area contributed by atoms with Crippen LogP contribution in [-0.4, -0.2) is 5.78 Å². The van der Waals surface area contributed by atoms with E-state index in [-0.39, 0.29) is 5.92 Å². The maximum atomic E-state index is 11.1. The maximum Gasteiger partial charge on any atom is 0.132 e. The van der Waals surface area contributed by atoms with Crippen molar-refractivity contribution in [2.75, 3.05) is 0 Å². The third kappa shape index (κ3) is 16.0. The first kappa shape index (κ1) is 21.7. The third-order valence-corrected chi connectivity index (χ3v) is 4.93. The van der Waals surface area contributed by atoms with Crippen LogP contribution in [0.3, 0.4) is 0 Å². The first-order valence-electron chi connectivity index (χ1n) is 10.2. The molecular formula is C21H42O. The molecule has 0 fully saturated rings. The molecule has 0 aromatic heterocycles. The molecule has 0 aromatic rings. The molecule has 0 saturated carbocycles. The first-order chi connectivity index (χ1) is 10.7. The topological polar surface area (TPSA) is 17.1 Å². The van der Waals surface area contributed by atoms with Crippen molar-refractivity contribution in [1.82, 2.24) is 0 Å². The van der Waals surface area contributed by atoms with Crippen molar-refractivity contribution in [3.05, 3.63) is 0 Å². The van der Waals surface area contributed by atoms with Gasteiger partial charge in [-0.1, -0.05) is 110 Å². The molecule has 0 amide bonds. The van der Waals surface area contributed by atoms with Crippen molar-refractivity contribution in [1.29, 1.82) is 0 Å². The lowest BCUT2D eigenvalue weighted by Gasteiger charge is -2.06. The summed E-state index contributed by atoms with van der Waals surface area (Å²) in [5, 5.41) is 0. The maximum absolute atomic E-state index is 11.1. The molecule has 0 heterocycles. The van der Waals surface area contributed by atoms with Crippen LogP contribution in [0.1, 0.15) is 124 Å². The molecule has 0 aromatic carbocycles. The van der Waals surface area contributed by atoms with Gasteiger partial charge in [0, 0.05) is 5.92 Å². The smallest absolute Gasteiger partial charge is 0.132 e. The van der Waals surface area contributed by atoms with Crippen molar-refractivity contribution in [2.45, 2.75) is 124 Å². The lowest BCUT2D eigenvalue weighted by Crippen LogP contribution is -2.05. The molecule has 1 nitrogen and oxygen atoms in total. The summed E-state index contributed by atoms with van der Waals surface area (Å²) in [5.41, 5.74) is 0. The van der Waals surface area contributed by atoms with Gasteiger partial charge >= 0.3 is 0 Å². The molecule has 22 heavy (non-hydrogen) atoms. The van der Waals surface area contributed by atoms with Crippen LogP contribution < -0.4 is 0 Å². The SMILES string of the molecule is CCCCCCCCCCCCCCCCC[C@H](C)C(C)=O. The fourth-order valence-corrected chi connectivity index (χ4v) is 3.03. The number of carbonyl (C=O) groups is 1. The van der Waals surface area contributed by atoms with E-state index in [4.69, 9.17) is 0 Å². The van der Waals surface area contributed by atoms with Crippen LogP contribution in [0.25, 0.3) is 0 Å². The highest BCUT2D eigenvalue weighted by atomic mass is 16.1. The van der Waals surface area contributed by atoms with E-state index >= 15 is 0 Å². The Hall–Kier alpha value is -0.330. The zero-order valence-corrected chi connectivity index (χ0v) is 15.8. The van der Waals surface area contributed by atoms with Crippen LogP contribution >= 0.6 is 0 Å². The van der Waals surface area contributed by atoms with E-state index in [9.17, 15) is 4.79 Å². The summed E-state index contributed by atoms with van der Waals surface area (Å²) in [4.78, 5) is 11.1. The Morgan fingerprint density at radius 1 is 0.636 bits per heavy atom. The summed E-state index contributed by atoms with van der Waals surface area (Å²) in [5.74, 6) is 0.632. The van der Waals surface area contributed by atoms with Gasteiger partial charge in [0.05, 0.1) is 0 Å². The second kappa shape index (κ2) is 17.0. The minimum absolute atomic E-state index is 0.280. The summed E-state index contributed by atoms with van der Waals surface area (Å²) >= 11 is 0. The number of rotatable bonds is 17. The molecule has 0 aliphatic heterocycles. The number of hydrogen-bond donors (Lipinski definition) is 0. The largest absolute Gasteiger partial charge is 0.300 e. The van der Waals surface area contributed by atoms with Gasteiger partial charge in [-0.2, -0.15) is 0 Å². The number of carbonyl (C=O) groups excluding carboxylic acids is 1. The van der Waals surface area contributed by atoms with Gasteiger partial charge in [-0.25, -0.2) is 0 Å². The molecule has 0 spiro atoms. The fourth-order valence-electron chi connectivity index (χ4n) is 3.03. The minimum atomic E-state index is 0.280. The van der Waals surface area contributed by atoms with Crippen LogP contribution in [0.2, 0.25) is 0 Å². The highest BCUT2D eigenvalue weighted by Crippen LogP contribution is 2.15. The van der Waals surface area contributed by atoms with E-state index in [2.05, 4.69) is 13.8 Å². The Morgan fingerprint density at radius 2 is 0.955 bits per heavy atom. The van der Waals surface area contributed by atoms with Crippen LogP contribution in [0.4, 0.5) is 0 Å². The van der Waals surface area contributed by atoms with Crippen LogP contribution in [0.15, 0.2) is 0 Å². The van der Waals surface area contributed by atoms with Gasteiger partial charge in [-0.15, -0.1) is 0 Å². The molecule has 0 rings (SSSR count). The van der Waals surface area contributed by atoms with Gasteiger partial charge < -0.3 is 0 Å². The Kier molecular flexibility index (Phi) is 16.8. The van der Waals surface area contributed by atoms with Gasteiger partial charge in [0.25, 0.3) is 0 Å². The molecule has 0 bridgehead atoms. The third-order valence-electron chi connectivity index (χ3n) is 4.93. The number of unbranched alkanes of at least 4 members (excludes halogenated alkanes) is 14.